The highest BCUT2D eigenvalue weighted by molar-refractivity contribution is 7.89. The van der Waals surface area contributed by atoms with E-state index in [0.717, 1.165) is 4.31 Å². The summed E-state index contributed by atoms with van der Waals surface area (Å²) in [6.07, 6.45) is 0. The molecule has 0 unspecified atom stereocenters. The van der Waals surface area contributed by atoms with Crippen LogP contribution in [0.3, 0.4) is 0 Å². The Bertz CT molecular complexity index is 485. The number of carbonyl (C=O) groups is 1. The van der Waals surface area contributed by atoms with Crippen LogP contribution in [0.2, 0.25) is 0 Å². The van der Waals surface area contributed by atoms with Crippen LogP contribution in [0.5, 0.6) is 0 Å². The highest BCUT2D eigenvalue weighted by Gasteiger charge is 2.29. The fourth-order valence-corrected chi connectivity index (χ4v) is 2.68. The molecule has 90 valence electrons. The van der Waals surface area contributed by atoms with E-state index in [1.165, 1.54) is 20.9 Å². The molecule has 0 aliphatic rings. The first-order valence-electron chi connectivity index (χ1n) is 4.38. The number of hydrogen-bond acceptors (Lipinski definition) is 5. The van der Waals surface area contributed by atoms with Crippen molar-refractivity contribution in [2.24, 2.45) is 0 Å². The van der Waals surface area contributed by atoms with Gasteiger partial charge in [0.05, 0.1) is 0 Å². The monoisotopic (exact) mass is 248 g/mol. The molecule has 0 fully saturated rings. The second kappa shape index (κ2) is 4.22. The molecule has 0 spiro atoms. The number of aromatic nitrogens is 1. The van der Waals surface area contributed by atoms with Crippen molar-refractivity contribution in [2.75, 3.05) is 13.6 Å². The Morgan fingerprint density at radius 2 is 2.06 bits per heavy atom. The molecule has 0 aliphatic heterocycles. The standard InChI is InChI=1S/C8H12N2O5S/c1-5-8(6(2)15-9-5)16(13,14)10(3)4-7(11)12/h4H2,1-3H3,(H,11,12). The van der Waals surface area contributed by atoms with Crippen LogP contribution in [-0.2, 0) is 14.8 Å². The van der Waals surface area contributed by atoms with E-state index < -0.39 is 22.5 Å². The van der Waals surface area contributed by atoms with Crippen molar-refractivity contribution in [3.63, 3.8) is 0 Å². The molecule has 1 aromatic heterocycles. The minimum atomic E-state index is -3.86. The summed E-state index contributed by atoms with van der Waals surface area (Å²) in [6.45, 7) is 2.34. The fourth-order valence-electron chi connectivity index (χ4n) is 1.27. The highest BCUT2D eigenvalue weighted by Crippen LogP contribution is 2.21. The molecule has 1 N–H and O–H groups in total. The highest BCUT2D eigenvalue weighted by atomic mass is 32.2. The van der Waals surface area contributed by atoms with Crippen molar-refractivity contribution < 1.29 is 22.8 Å². The van der Waals surface area contributed by atoms with Crippen molar-refractivity contribution in [1.82, 2.24) is 9.46 Å². The van der Waals surface area contributed by atoms with Crippen molar-refractivity contribution >= 4 is 16.0 Å². The van der Waals surface area contributed by atoms with Crippen molar-refractivity contribution in [1.29, 1.82) is 0 Å². The third-order valence-corrected chi connectivity index (χ3v) is 4.04. The number of sulfonamides is 1. The fraction of sp³-hybridized carbons (Fsp3) is 0.500. The average Bonchev–Trinajstić information content (AvgIpc) is 2.45. The number of aryl methyl sites for hydroxylation is 2. The lowest BCUT2D eigenvalue weighted by molar-refractivity contribution is -0.137. The van der Waals surface area contributed by atoms with E-state index in [1.807, 2.05) is 0 Å². The summed E-state index contributed by atoms with van der Waals surface area (Å²) in [4.78, 5) is 10.4. The van der Waals surface area contributed by atoms with Gasteiger partial charge in [0.2, 0.25) is 10.0 Å². The predicted molar refractivity (Wildman–Crippen MR) is 53.4 cm³/mol. The van der Waals surface area contributed by atoms with Gasteiger partial charge in [-0.2, -0.15) is 4.31 Å². The van der Waals surface area contributed by atoms with Crippen LogP contribution in [0.4, 0.5) is 0 Å². The molecular formula is C8H12N2O5S. The Balaban J connectivity index is 3.17. The first kappa shape index (κ1) is 12.7. The van der Waals surface area contributed by atoms with Gasteiger partial charge in [0, 0.05) is 7.05 Å². The van der Waals surface area contributed by atoms with Crippen LogP contribution >= 0.6 is 0 Å². The van der Waals surface area contributed by atoms with Crippen LogP contribution in [0.1, 0.15) is 11.5 Å². The van der Waals surface area contributed by atoms with Gasteiger partial charge < -0.3 is 9.63 Å². The van der Waals surface area contributed by atoms with Crippen LogP contribution in [0, 0.1) is 13.8 Å². The van der Waals surface area contributed by atoms with Gasteiger partial charge in [-0.05, 0) is 13.8 Å². The summed E-state index contributed by atoms with van der Waals surface area (Å²) in [5.41, 5.74) is 0.217. The lowest BCUT2D eigenvalue weighted by Gasteiger charge is -2.13. The zero-order valence-corrected chi connectivity index (χ0v) is 9.91. The largest absolute Gasteiger partial charge is 0.480 e. The van der Waals surface area contributed by atoms with Gasteiger partial charge in [0.25, 0.3) is 0 Å². The molecule has 0 amide bonds. The number of carboxylic acids is 1. The molecule has 0 bridgehead atoms. The quantitative estimate of drug-likeness (QED) is 0.804. The summed E-state index contributed by atoms with van der Waals surface area (Å²) in [7, 11) is -2.67. The molecule has 0 radical (unpaired) electrons. The maximum Gasteiger partial charge on any atom is 0.318 e. The van der Waals surface area contributed by atoms with Gasteiger partial charge in [0.1, 0.15) is 17.1 Å². The summed E-state index contributed by atoms with van der Waals surface area (Å²) < 4.78 is 29.3. The van der Waals surface area contributed by atoms with E-state index in [-0.39, 0.29) is 16.3 Å². The van der Waals surface area contributed by atoms with E-state index >= 15 is 0 Å². The normalized spacial score (nSPS) is 12.0. The number of rotatable bonds is 4. The number of carboxylic acid groups (broad SMARTS) is 1. The van der Waals surface area contributed by atoms with Crippen LogP contribution in [0.15, 0.2) is 9.42 Å². The van der Waals surface area contributed by atoms with Gasteiger partial charge in [-0.25, -0.2) is 8.42 Å². The average molecular weight is 248 g/mol. The number of nitrogens with zero attached hydrogens (tertiary/aromatic N) is 2. The number of hydrogen-bond donors (Lipinski definition) is 1. The molecule has 0 aromatic carbocycles. The predicted octanol–water partition coefficient (Wildman–Crippen LogP) is -0.00346. The topological polar surface area (TPSA) is 101 Å². The Morgan fingerprint density at radius 3 is 2.44 bits per heavy atom. The molecule has 0 atom stereocenters. The maximum absolute atomic E-state index is 11.9. The van der Waals surface area contributed by atoms with Crippen molar-refractivity contribution in [3.05, 3.63) is 11.5 Å². The Kier molecular flexibility index (Phi) is 3.34. The summed E-state index contributed by atoms with van der Waals surface area (Å²) in [6, 6.07) is 0. The third-order valence-electron chi connectivity index (χ3n) is 1.99. The molecule has 1 heterocycles. The lowest BCUT2D eigenvalue weighted by atomic mass is 10.4. The maximum atomic E-state index is 11.9. The minimum Gasteiger partial charge on any atom is -0.480 e. The summed E-state index contributed by atoms with van der Waals surface area (Å²) >= 11 is 0. The first-order chi connectivity index (χ1) is 7.26. The summed E-state index contributed by atoms with van der Waals surface area (Å²) in [5, 5.41) is 12.1. The van der Waals surface area contributed by atoms with E-state index in [0.29, 0.717) is 0 Å². The van der Waals surface area contributed by atoms with E-state index in [4.69, 9.17) is 9.63 Å². The van der Waals surface area contributed by atoms with Crippen LogP contribution in [-0.4, -0.2) is 42.5 Å². The third kappa shape index (κ3) is 2.22. The van der Waals surface area contributed by atoms with Crippen molar-refractivity contribution in [2.45, 2.75) is 18.7 Å². The van der Waals surface area contributed by atoms with Gasteiger partial charge in [0.15, 0.2) is 5.76 Å². The van der Waals surface area contributed by atoms with E-state index in [9.17, 15) is 13.2 Å². The molecule has 1 rings (SSSR count). The second-order valence-electron chi connectivity index (χ2n) is 3.31. The van der Waals surface area contributed by atoms with Crippen molar-refractivity contribution in [3.8, 4) is 0 Å². The van der Waals surface area contributed by atoms with Crippen LogP contribution in [0.25, 0.3) is 0 Å². The van der Waals surface area contributed by atoms with Gasteiger partial charge in [-0.3, -0.25) is 4.79 Å². The summed E-state index contributed by atoms with van der Waals surface area (Å²) in [5.74, 6) is -1.08. The molecule has 0 saturated carbocycles. The molecule has 8 heteroatoms. The smallest absolute Gasteiger partial charge is 0.318 e. The molecule has 7 nitrogen and oxygen atoms in total. The molecule has 16 heavy (non-hydrogen) atoms. The molecular weight excluding hydrogens is 236 g/mol. The first-order valence-corrected chi connectivity index (χ1v) is 5.82. The molecule has 0 aliphatic carbocycles. The van der Waals surface area contributed by atoms with Gasteiger partial charge >= 0.3 is 5.97 Å². The van der Waals surface area contributed by atoms with Crippen LogP contribution < -0.4 is 0 Å². The second-order valence-corrected chi connectivity index (χ2v) is 5.29. The minimum absolute atomic E-state index is 0.0729. The van der Waals surface area contributed by atoms with Gasteiger partial charge in [-0.15, -0.1) is 0 Å². The lowest BCUT2D eigenvalue weighted by Crippen LogP contribution is -2.32. The van der Waals surface area contributed by atoms with Gasteiger partial charge in [-0.1, -0.05) is 5.16 Å². The SMILES string of the molecule is Cc1noc(C)c1S(=O)(=O)N(C)CC(=O)O. The Morgan fingerprint density at radius 1 is 1.50 bits per heavy atom. The number of aliphatic carboxylic acids is 1. The Labute approximate surface area is 92.7 Å². The van der Waals surface area contributed by atoms with E-state index in [1.54, 1.807) is 0 Å². The number of likely N-dealkylation sites (N-methyl/N-ethyl adjacent to an activating group) is 1. The Hall–Kier alpha value is -1.41. The zero-order valence-electron chi connectivity index (χ0n) is 9.09. The molecule has 0 saturated heterocycles. The zero-order chi connectivity index (χ0) is 12.5. The van der Waals surface area contributed by atoms with E-state index in [2.05, 4.69) is 5.16 Å². The molecule has 1 aromatic rings.